The van der Waals surface area contributed by atoms with E-state index in [1.807, 2.05) is 14.0 Å². The van der Waals surface area contributed by atoms with Crippen LogP contribution in [0.25, 0.3) is 0 Å². The Morgan fingerprint density at radius 2 is 2.12 bits per heavy atom. The molecule has 16 heavy (non-hydrogen) atoms. The first-order chi connectivity index (χ1) is 7.50. The van der Waals surface area contributed by atoms with Crippen LogP contribution in [0.3, 0.4) is 0 Å². The monoisotopic (exact) mass is 223 g/mol. The number of nitrogens with one attached hydrogen (secondary N) is 1. The van der Waals surface area contributed by atoms with E-state index in [1.165, 1.54) is 19.3 Å². The molecule has 0 aromatic rings. The predicted octanol–water partition coefficient (Wildman–Crippen LogP) is 2.00. The summed E-state index contributed by atoms with van der Waals surface area (Å²) in [5, 5.41) is 12.3. The zero-order chi connectivity index (χ0) is 12.2. The highest BCUT2D eigenvalue weighted by Crippen LogP contribution is 2.28. The number of hydrogen-bond donors (Lipinski definition) is 1. The number of nitrogens with zero attached hydrogens (tertiary/aromatic N) is 2. The summed E-state index contributed by atoms with van der Waals surface area (Å²) in [4.78, 5) is 2.49. The number of hydrogen-bond acceptors (Lipinski definition) is 3. The molecule has 3 heteroatoms. The second-order valence-electron chi connectivity index (χ2n) is 5.58. The van der Waals surface area contributed by atoms with Crippen LogP contribution in [0.4, 0.5) is 0 Å². The van der Waals surface area contributed by atoms with Crippen molar-refractivity contribution in [1.82, 2.24) is 10.2 Å². The van der Waals surface area contributed by atoms with E-state index in [0.29, 0.717) is 0 Å². The maximum Gasteiger partial charge on any atom is 0.116 e. The lowest BCUT2D eigenvalue weighted by Crippen LogP contribution is -2.49. The normalized spacial score (nSPS) is 19.8. The highest BCUT2D eigenvalue weighted by atomic mass is 15.2. The third kappa shape index (κ3) is 4.11. The molecular weight excluding hydrogens is 198 g/mol. The Morgan fingerprint density at radius 3 is 2.50 bits per heavy atom. The summed E-state index contributed by atoms with van der Waals surface area (Å²) in [5.74, 6) is 0.740. The van der Waals surface area contributed by atoms with Crippen molar-refractivity contribution >= 4 is 0 Å². The van der Waals surface area contributed by atoms with E-state index in [4.69, 9.17) is 0 Å². The van der Waals surface area contributed by atoms with Crippen LogP contribution < -0.4 is 5.32 Å². The highest BCUT2D eigenvalue weighted by Gasteiger charge is 2.34. The van der Waals surface area contributed by atoms with Gasteiger partial charge in [-0.1, -0.05) is 13.8 Å². The molecule has 92 valence electrons. The fourth-order valence-corrected chi connectivity index (χ4v) is 1.83. The fourth-order valence-electron chi connectivity index (χ4n) is 1.83. The Hall–Kier alpha value is -0.590. The fraction of sp³-hybridized carbons (Fsp3) is 0.923. The van der Waals surface area contributed by atoms with E-state index in [9.17, 15) is 5.26 Å². The number of nitriles is 1. The van der Waals surface area contributed by atoms with Crippen LogP contribution in [0.2, 0.25) is 0 Å². The summed E-state index contributed by atoms with van der Waals surface area (Å²) >= 11 is 0. The number of rotatable bonds is 7. The van der Waals surface area contributed by atoms with Gasteiger partial charge in [-0.25, -0.2) is 0 Å². The van der Waals surface area contributed by atoms with Crippen LogP contribution in [-0.4, -0.2) is 36.6 Å². The summed E-state index contributed by atoms with van der Waals surface area (Å²) in [6, 6.07) is 3.11. The van der Waals surface area contributed by atoms with Crippen molar-refractivity contribution in [1.29, 1.82) is 5.26 Å². The lowest BCUT2D eigenvalue weighted by atomic mass is 10.0. The van der Waals surface area contributed by atoms with Crippen molar-refractivity contribution in [2.45, 2.75) is 51.6 Å². The third-order valence-electron chi connectivity index (χ3n) is 3.37. The van der Waals surface area contributed by atoms with Gasteiger partial charge in [0.15, 0.2) is 0 Å². The maximum absolute atomic E-state index is 9.17. The van der Waals surface area contributed by atoms with Crippen molar-refractivity contribution in [3.8, 4) is 6.07 Å². The predicted molar refractivity (Wildman–Crippen MR) is 67.1 cm³/mol. The van der Waals surface area contributed by atoms with E-state index in [2.05, 4.69) is 30.1 Å². The molecule has 3 nitrogen and oxygen atoms in total. The minimum absolute atomic E-state index is 0.403. The molecule has 1 atom stereocenters. The standard InChI is InChI=1S/C13H25N3/c1-11(2)7-8-16(12-5-6-12)10-13(3,9-14)15-4/h11-12,15H,5-8,10H2,1-4H3. The molecule has 1 rings (SSSR count). The van der Waals surface area contributed by atoms with E-state index >= 15 is 0 Å². The first-order valence-electron chi connectivity index (χ1n) is 6.35. The molecule has 0 saturated heterocycles. The third-order valence-corrected chi connectivity index (χ3v) is 3.37. The van der Waals surface area contributed by atoms with Crippen LogP contribution in [-0.2, 0) is 0 Å². The van der Waals surface area contributed by atoms with Gasteiger partial charge in [-0.05, 0) is 45.7 Å². The quantitative estimate of drug-likeness (QED) is 0.717. The zero-order valence-corrected chi connectivity index (χ0v) is 11.1. The van der Waals surface area contributed by atoms with Crippen LogP contribution in [0.1, 0.15) is 40.0 Å². The van der Waals surface area contributed by atoms with Crippen molar-refractivity contribution in [2.24, 2.45) is 5.92 Å². The van der Waals surface area contributed by atoms with Gasteiger partial charge in [-0.15, -0.1) is 0 Å². The molecule has 1 aliphatic rings. The average molecular weight is 223 g/mol. The van der Waals surface area contributed by atoms with Crippen molar-refractivity contribution in [3.05, 3.63) is 0 Å². The lowest BCUT2D eigenvalue weighted by molar-refractivity contribution is 0.205. The Bertz CT molecular complexity index is 252. The minimum Gasteiger partial charge on any atom is -0.302 e. The van der Waals surface area contributed by atoms with Gasteiger partial charge in [0.05, 0.1) is 6.07 Å². The zero-order valence-electron chi connectivity index (χ0n) is 11.1. The second-order valence-corrected chi connectivity index (χ2v) is 5.58. The Balaban J connectivity index is 2.48. The van der Waals surface area contributed by atoms with E-state index in [0.717, 1.165) is 25.0 Å². The summed E-state index contributed by atoms with van der Waals surface area (Å²) in [6.07, 6.45) is 3.84. The summed E-state index contributed by atoms with van der Waals surface area (Å²) in [5.41, 5.74) is -0.403. The molecule has 0 bridgehead atoms. The van der Waals surface area contributed by atoms with Gasteiger partial charge in [0, 0.05) is 12.6 Å². The molecule has 1 unspecified atom stereocenters. The highest BCUT2D eigenvalue weighted by molar-refractivity contribution is 5.06. The summed E-state index contributed by atoms with van der Waals surface area (Å²) in [7, 11) is 1.87. The Labute approximate surface area is 99.8 Å². The molecule has 0 heterocycles. The van der Waals surface area contributed by atoms with Gasteiger partial charge in [0.25, 0.3) is 0 Å². The molecule has 0 spiro atoms. The SMILES string of the molecule is CNC(C)(C#N)CN(CCC(C)C)C1CC1. The largest absolute Gasteiger partial charge is 0.302 e. The molecule has 0 aromatic heterocycles. The molecule has 0 radical (unpaired) electrons. The first-order valence-corrected chi connectivity index (χ1v) is 6.35. The van der Waals surface area contributed by atoms with E-state index in [1.54, 1.807) is 0 Å². The van der Waals surface area contributed by atoms with Gasteiger partial charge in [0.2, 0.25) is 0 Å². The Kier molecular flexibility index (Phi) is 4.76. The topological polar surface area (TPSA) is 39.1 Å². The van der Waals surface area contributed by atoms with E-state index in [-0.39, 0.29) is 0 Å². The summed E-state index contributed by atoms with van der Waals surface area (Å²) in [6.45, 7) is 8.47. The first kappa shape index (κ1) is 13.5. The van der Waals surface area contributed by atoms with Gasteiger partial charge in [-0.2, -0.15) is 5.26 Å². The van der Waals surface area contributed by atoms with Crippen LogP contribution in [0.15, 0.2) is 0 Å². The van der Waals surface area contributed by atoms with Gasteiger partial charge >= 0.3 is 0 Å². The molecule has 0 aliphatic heterocycles. The lowest BCUT2D eigenvalue weighted by Gasteiger charge is -2.31. The summed E-state index contributed by atoms with van der Waals surface area (Å²) < 4.78 is 0. The maximum atomic E-state index is 9.17. The van der Waals surface area contributed by atoms with Gasteiger partial charge < -0.3 is 5.32 Å². The molecule has 0 aromatic carbocycles. The van der Waals surface area contributed by atoms with Crippen molar-refractivity contribution in [2.75, 3.05) is 20.1 Å². The van der Waals surface area contributed by atoms with Gasteiger partial charge in [-0.3, -0.25) is 4.90 Å². The second kappa shape index (κ2) is 5.65. The smallest absolute Gasteiger partial charge is 0.116 e. The van der Waals surface area contributed by atoms with Gasteiger partial charge in [0.1, 0.15) is 5.54 Å². The van der Waals surface area contributed by atoms with Crippen molar-refractivity contribution in [3.63, 3.8) is 0 Å². The molecular formula is C13H25N3. The van der Waals surface area contributed by atoms with Crippen molar-refractivity contribution < 1.29 is 0 Å². The van der Waals surface area contributed by atoms with E-state index < -0.39 is 5.54 Å². The molecule has 0 amide bonds. The molecule has 1 fully saturated rings. The molecule has 1 N–H and O–H groups in total. The minimum atomic E-state index is -0.403. The molecule has 1 aliphatic carbocycles. The van der Waals surface area contributed by atoms with Crippen LogP contribution in [0, 0.1) is 17.2 Å². The molecule has 1 saturated carbocycles. The van der Waals surface area contributed by atoms with Crippen LogP contribution >= 0.6 is 0 Å². The van der Waals surface area contributed by atoms with Crippen LogP contribution in [0.5, 0.6) is 0 Å². The average Bonchev–Trinajstić information content (AvgIpc) is 3.07. The Morgan fingerprint density at radius 1 is 1.50 bits per heavy atom. The number of likely N-dealkylation sites (N-methyl/N-ethyl adjacent to an activating group) is 1.